The highest BCUT2D eigenvalue weighted by atomic mass is 32.2. The molecule has 5 nitrogen and oxygen atoms in total. The maximum atomic E-state index is 11.8. The van der Waals surface area contributed by atoms with E-state index < -0.39 is 0 Å². The van der Waals surface area contributed by atoms with Crippen molar-refractivity contribution in [3.05, 3.63) is 11.8 Å². The van der Waals surface area contributed by atoms with Gasteiger partial charge in [0.25, 0.3) is 0 Å². The van der Waals surface area contributed by atoms with Crippen molar-refractivity contribution in [1.82, 2.24) is 9.97 Å². The lowest BCUT2D eigenvalue weighted by Gasteiger charge is -2.16. The SMILES string of the molecule is CSc1ncc(C#N)c(N2CC(S)CC2=O)n1. The standard InChI is InChI=1S/C10H10N4OS2/c1-17-10-12-4-6(3-11)9(13-10)14-5-7(16)2-8(14)15/h4,7,16H,2,5H2,1H3. The van der Waals surface area contributed by atoms with Crippen LogP contribution in [0.1, 0.15) is 12.0 Å². The summed E-state index contributed by atoms with van der Waals surface area (Å²) in [5.41, 5.74) is 0.318. The van der Waals surface area contributed by atoms with Gasteiger partial charge in [-0.2, -0.15) is 17.9 Å². The van der Waals surface area contributed by atoms with Gasteiger partial charge in [-0.25, -0.2) is 9.97 Å². The predicted molar refractivity (Wildman–Crippen MR) is 68.3 cm³/mol. The number of nitrogens with zero attached hydrogens (tertiary/aromatic N) is 4. The van der Waals surface area contributed by atoms with Gasteiger partial charge in [-0.3, -0.25) is 9.69 Å². The normalized spacial score (nSPS) is 19.5. The molecule has 1 aromatic rings. The van der Waals surface area contributed by atoms with E-state index in [0.29, 0.717) is 29.5 Å². The van der Waals surface area contributed by atoms with E-state index in [1.54, 1.807) is 0 Å². The molecule has 0 aromatic carbocycles. The Balaban J connectivity index is 2.43. The number of thioether (sulfide) groups is 1. The Hall–Kier alpha value is -1.26. The van der Waals surface area contributed by atoms with Gasteiger partial charge in [0.2, 0.25) is 5.91 Å². The highest BCUT2D eigenvalue weighted by Gasteiger charge is 2.31. The van der Waals surface area contributed by atoms with Gasteiger partial charge >= 0.3 is 0 Å². The van der Waals surface area contributed by atoms with Crippen LogP contribution in [0.15, 0.2) is 11.4 Å². The number of carbonyl (C=O) groups is 1. The van der Waals surface area contributed by atoms with Gasteiger partial charge in [-0.05, 0) is 6.26 Å². The first-order chi connectivity index (χ1) is 8.15. The molecule has 1 aliphatic rings. The molecule has 0 N–H and O–H groups in total. The van der Waals surface area contributed by atoms with Crippen molar-refractivity contribution in [2.75, 3.05) is 17.7 Å². The van der Waals surface area contributed by atoms with Crippen LogP contribution in [0.5, 0.6) is 0 Å². The summed E-state index contributed by atoms with van der Waals surface area (Å²) in [4.78, 5) is 21.5. The molecule has 1 saturated heterocycles. The second-order valence-electron chi connectivity index (χ2n) is 3.57. The van der Waals surface area contributed by atoms with E-state index >= 15 is 0 Å². The van der Waals surface area contributed by atoms with Crippen molar-refractivity contribution in [2.24, 2.45) is 0 Å². The third-order valence-electron chi connectivity index (χ3n) is 2.41. The van der Waals surface area contributed by atoms with Crippen molar-refractivity contribution in [3.8, 4) is 6.07 Å². The van der Waals surface area contributed by atoms with E-state index in [0.717, 1.165) is 0 Å². The van der Waals surface area contributed by atoms with Gasteiger partial charge in [0, 0.05) is 18.2 Å². The molecule has 2 rings (SSSR count). The van der Waals surface area contributed by atoms with E-state index in [1.807, 2.05) is 12.3 Å². The van der Waals surface area contributed by atoms with Crippen LogP contribution in [0.3, 0.4) is 0 Å². The second kappa shape index (κ2) is 4.94. The fourth-order valence-electron chi connectivity index (χ4n) is 1.63. The second-order valence-corrected chi connectivity index (χ2v) is 5.07. The summed E-state index contributed by atoms with van der Waals surface area (Å²) < 4.78 is 0. The molecule has 88 valence electrons. The number of anilines is 1. The van der Waals surface area contributed by atoms with Crippen LogP contribution in [-0.4, -0.2) is 33.9 Å². The minimum absolute atomic E-state index is 0.00161. The Morgan fingerprint density at radius 2 is 2.47 bits per heavy atom. The number of thiol groups is 1. The average molecular weight is 266 g/mol. The van der Waals surface area contributed by atoms with Crippen LogP contribution in [-0.2, 0) is 4.79 Å². The average Bonchev–Trinajstić information content (AvgIpc) is 2.67. The highest BCUT2D eigenvalue weighted by Crippen LogP contribution is 2.26. The van der Waals surface area contributed by atoms with Crippen molar-refractivity contribution in [2.45, 2.75) is 16.8 Å². The first kappa shape index (κ1) is 12.2. The largest absolute Gasteiger partial charge is 0.294 e. The van der Waals surface area contributed by atoms with Gasteiger partial charge in [0.05, 0.1) is 6.20 Å². The van der Waals surface area contributed by atoms with Crippen LogP contribution in [0.4, 0.5) is 5.82 Å². The summed E-state index contributed by atoms with van der Waals surface area (Å²) in [6.45, 7) is 0.488. The molecular weight excluding hydrogens is 256 g/mol. The Morgan fingerprint density at radius 3 is 3.00 bits per heavy atom. The summed E-state index contributed by atoms with van der Waals surface area (Å²) in [6, 6.07) is 2.01. The molecule has 0 radical (unpaired) electrons. The minimum Gasteiger partial charge on any atom is -0.294 e. The lowest BCUT2D eigenvalue weighted by molar-refractivity contribution is -0.117. The topological polar surface area (TPSA) is 69.9 Å². The molecule has 0 bridgehead atoms. The molecule has 1 aromatic heterocycles. The van der Waals surface area contributed by atoms with Crippen LogP contribution >= 0.6 is 24.4 Å². The maximum Gasteiger partial charge on any atom is 0.229 e. The van der Waals surface area contributed by atoms with Crippen LogP contribution in [0.2, 0.25) is 0 Å². The zero-order valence-corrected chi connectivity index (χ0v) is 10.8. The fourth-order valence-corrected chi connectivity index (χ4v) is 2.29. The molecule has 7 heteroatoms. The smallest absolute Gasteiger partial charge is 0.229 e. The first-order valence-corrected chi connectivity index (χ1v) is 6.69. The third kappa shape index (κ3) is 2.37. The molecule has 2 heterocycles. The zero-order chi connectivity index (χ0) is 12.4. The van der Waals surface area contributed by atoms with Gasteiger partial charge in [0.15, 0.2) is 11.0 Å². The first-order valence-electron chi connectivity index (χ1n) is 4.95. The Labute approximate surface area is 109 Å². The molecule has 0 aliphatic carbocycles. The van der Waals surface area contributed by atoms with Crippen LogP contribution in [0, 0.1) is 11.3 Å². The van der Waals surface area contributed by atoms with Crippen LogP contribution < -0.4 is 4.90 Å². The zero-order valence-electron chi connectivity index (χ0n) is 9.12. The summed E-state index contributed by atoms with van der Waals surface area (Å²) >= 11 is 5.65. The molecule has 1 aliphatic heterocycles. The summed E-state index contributed by atoms with van der Waals surface area (Å²) in [6.07, 6.45) is 3.68. The summed E-state index contributed by atoms with van der Waals surface area (Å²) in [7, 11) is 0. The number of amides is 1. The van der Waals surface area contributed by atoms with Gasteiger partial charge in [0.1, 0.15) is 11.6 Å². The highest BCUT2D eigenvalue weighted by molar-refractivity contribution is 7.98. The summed E-state index contributed by atoms with van der Waals surface area (Å²) in [5.74, 6) is 0.348. The van der Waals surface area contributed by atoms with E-state index in [2.05, 4.69) is 22.6 Å². The van der Waals surface area contributed by atoms with Crippen molar-refractivity contribution in [1.29, 1.82) is 5.26 Å². The Bertz CT molecular complexity index is 500. The number of hydrogen-bond donors (Lipinski definition) is 1. The molecule has 0 spiro atoms. The number of carbonyl (C=O) groups excluding carboxylic acids is 1. The van der Waals surface area contributed by atoms with Gasteiger partial charge < -0.3 is 0 Å². The van der Waals surface area contributed by atoms with Crippen molar-refractivity contribution >= 4 is 36.1 Å². The van der Waals surface area contributed by atoms with E-state index in [1.165, 1.54) is 22.9 Å². The molecule has 1 fully saturated rings. The number of nitriles is 1. The van der Waals surface area contributed by atoms with Gasteiger partial charge in [-0.1, -0.05) is 11.8 Å². The lowest BCUT2D eigenvalue weighted by atomic mass is 10.3. The van der Waals surface area contributed by atoms with Crippen molar-refractivity contribution in [3.63, 3.8) is 0 Å². The van der Waals surface area contributed by atoms with Crippen LogP contribution in [0.25, 0.3) is 0 Å². The van der Waals surface area contributed by atoms with E-state index in [9.17, 15) is 4.79 Å². The lowest BCUT2D eigenvalue weighted by Crippen LogP contribution is -2.27. The maximum absolute atomic E-state index is 11.8. The predicted octanol–water partition coefficient (Wildman–Crippen LogP) is 1.11. The Kier molecular flexibility index (Phi) is 3.54. The molecule has 1 unspecified atom stereocenters. The molecule has 1 amide bonds. The molecule has 0 saturated carbocycles. The molecular formula is C10H10N4OS2. The minimum atomic E-state index is -0.0488. The Morgan fingerprint density at radius 1 is 1.71 bits per heavy atom. The third-order valence-corrected chi connectivity index (χ3v) is 3.32. The molecule has 1 atom stereocenters. The number of rotatable bonds is 2. The quantitative estimate of drug-likeness (QED) is 0.493. The number of aromatic nitrogens is 2. The van der Waals surface area contributed by atoms with E-state index in [-0.39, 0.29) is 11.2 Å². The summed E-state index contributed by atoms with van der Waals surface area (Å²) in [5, 5.41) is 9.55. The monoisotopic (exact) mass is 266 g/mol. The fraction of sp³-hybridized carbons (Fsp3) is 0.400. The van der Waals surface area contributed by atoms with E-state index in [4.69, 9.17) is 5.26 Å². The number of hydrogen-bond acceptors (Lipinski definition) is 6. The van der Waals surface area contributed by atoms with Crippen molar-refractivity contribution < 1.29 is 4.79 Å². The molecule has 17 heavy (non-hydrogen) atoms. The van der Waals surface area contributed by atoms with Gasteiger partial charge in [-0.15, -0.1) is 0 Å².